The fourth-order valence-electron chi connectivity index (χ4n) is 2.44. The van der Waals surface area contributed by atoms with Crippen molar-refractivity contribution in [3.63, 3.8) is 0 Å². The molecule has 0 spiro atoms. The Kier molecular flexibility index (Phi) is 4.04. The highest BCUT2D eigenvalue weighted by Crippen LogP contribution is 2.22. The number of hydrogen-bond donors (Lipinski definition) is 1. The SMILES string of the molecule is CCC(N)c1c(C)nn(Cc2cnn(CC)c2)c1C. The van der Waals surface area contributed by atoms with Crippen molar-refractivity contribution >= 4 is 0 Å². The molecular formula is C14H23N5. The van der Waals surface area contributed by atoms with Crippen molar-refractivity contribution in [2.45, 2.75) is 53.2 Å². The third kappa shape index (κ3) is 2.71. The van der Waals surface area contributed by atoms with Gasteiger partial charge < -0.3 is 5.73 Å². The summed E-state index contributed by atoms with van der Waals surface area (Å²) < 4.78 is 3.96. The van der Waals surface area contributed by atoms with Gasteiger partial charge in [0.2, 0.25) is 0 Å². The van der Waals surface area contributed by atoms with E-state index in [1.807, 2.05) is 22.5 Å². The zero-order valence-electron chi connectivity index (χ0n) is 12.2. The molecule has 1 atom stereocenters. The maximum absolute atomic E-state index is 6.16. The monoisotopic (exact) mass is 261 g/mol. The summed E-state index contributed by atoms with van der Waals surface area (Å²) >= 11 is 0. The first-order valence-electron chi connectivity index (χ1n) is 6.87. The standard InChI is InChI=1S/C14H23N5/c1-5-13(15)14-10(3)17-19(11(14)4)9-12-7-16-18(6-2)8-12/h7-8,13H,5-6,9,15H2,1-4H3. The lowest BCUT2D eigenvalue weighted by Crippen LogP contribution is -2.11. The molecule has 0 bridgehead atoms. The summed E-state index contributed by atoms with van der Waals surface area (Å²) in [5.74, 6) is 0. The van der Waals surface area contributed by atoms with Crippen LogP contribution in [-0.2, 0) is 13.1 Å². The van der Waals surface area contributed by atoms with Gasteiger partial charge in [-0.1, -0.05) is 6.92 Å². The van der Waals surface area contributed by atoms with Gasteiger partial charge in [0, 0.05) is 35.6 Å². The van der Waals surface area contributed by atoms with Crippen LogP contribution in [0.3, 0.4) is 0 Å². The van der Waals surface area contributed by atoms with Crippen molar-refractivity contribution in [2.24, 2.45) is 5.73 Å². The molecular weight excluding hydrogens is 238 g/mol. The van der Waals surface area contributed by atoms with E-state index in [1.165, 1.54) is 11.1 Å². The second kappa shape index (κ2) is 5.57. The molecule has 0 radical (unpaired) electrons. The molecule has 0 saturated heterocycles. The van der Waals surface area contributed by atoms with Crippen LogP contribution >= 0.6 is 0 Å². The molecule has 1 unspecified atom stereocenters. The Morgan fingerprint density at radius 1 is 1.32 bits per heavy atom. The number of hydrogen-bond acceptors (Lipinski definition) is 3. The second-order valence-electron chi connectivity index (χ2n) is 4.96. The van der Waals surface area contributed by atoms with Crippen LogP contribution < -0.4 is 5.73 Å². The number of aromatic nitrogens is 4. The van der Waals surface area contributed by atoms with Gasteiger partial charge in [0.15, 0.2) is 0 Å². The summed E-state index contributed by atoms with van der Waals surface area (Å²) in [5.41, 5.74) is 10.7. The van der Waals surface area contributed by atoms with Crippen molar-refractivity contribution in [3.8, 4) is 0 Å². The van der Waals surface area contributed by atoms with Crippen LogP contribution in [0, 0.1) is 13.8 Å². The third-order valence-electron chi connectivity index (χ3n) is 3.59. The van der Waals surface area contributed by atoms with Gasteiger partial charge in [-0.25, -0.2) is 0 Å². The summed E-state index contributed by atoms with van der Waals surface area (Å²) in [6.45, 7) is 9.95. The average Bonchev–Trinajstić information content (AvgIpc) is 2.95. The fraction of sp³-hybridized carbons (Fsp3) is 0.571. The Hall–Kier alpha value is -1.62. The molecule has 2 aromatic heterocycles. The highest BCUT2D eigenvalue weighted by molar-refractivity contribution is 5.28. The van der Waals surface area contributed by atoms with Gasteiger partial charge >= 0.3 is 0 Å². The molecule has 0 aliphatic carbocycles. The van der Waals surface area contributed by atoms with E-state index in [0.29, 0.717) is 0 Å². The largest absolute Gasteiger partial charge is 0.324 e. The van der Waals surface area contributed by atoms with E-state index in [-0.39, 0.29) is 6.04 Å². The van der Waals surface area contributed by atoms with E-state index in [9.17, 15) is 0 Å². The van der Waals surface area contributed by atoms with E-state index in [1.54, 1.807) is 0 Å². The molecule has 2 rings (SSSR count). The molecule has 0 aliphatic heterocycles. The first-order chi connectivity index (χ1) is 9.06. The summed E-state index contributed by atoms with van der Waals surface area (Å²) in [6, 6.07) is 0.0760. The van der Waals surface area contributed by atoms with Crippen molar-refractivity contribution in [2.75, 3.05) is 0 Å². The number of rotatable bonds is 5. The second-order valence-corrected chi connectivity index (χ2v) is 4.96. The third-order valence-corrected chi connectivity index (χ3v) is 3.59. The van der Waals surface area contributed by atoms with E-state index in [2.05, 4.69) is 37.2 Å². The van der Waals surface area contributed by atoms with Crippen molar-refractivity contribution < 1.29 is 0 Å². The molecule has 0 aliphatic rings. The lowest BCUT2D eigenvalue weighted by atomic mass is 10.0. The molecule has 5 nitrogen and oxygen atoms in total. The Bertz CT molecular complexity index is 552. The van der Waals surface area contributed by atoms with Crippen LogP contribution in [0.4, 0.5) is 0 Å². The summed E-state index contributed by atoms with van der Waals surface area (Å²) in [7, 11) is 0. The van der Waals surface area contributed by atoms with Gasteiger partial charge in [-0.2, -0.15) is 10.2 Å². The Morgan fingerprint density at radius 2 is 2.05 bits per heavy atom. The van der Waals surface area contributed by atoms with Crippen LogP contribution in [0.2, 0.25) is 0 Å². The number of nitrogens with two attached hydrogens (primary N) is 1. The fourth-order valence-corrected chi connectivity index (χ4v) is 2.44. The summed E-state index contributed by atoms with van der Waals surface area (Å²) in [5, 5.41) is 8.90. The van der Waals surface area contributed by atoms with E-state index >= 15 is 0 Å². The lowest BCUT2D eigenvalue weighted by molar-refractivity contribution is 0.643. The number of nitrogens with zero attached hydrogens (tertiary/aromatic N) is 4. The molecule has 2 N–H and O–H groups in total. The first-order valence-corrected chi connectivity index (χ1v) is 6.87. The minimum absolute atomic E-state index is 0.0760. The highest BCUT2D eigenvalue weighted by Gasteiger charge is 2.16. The van der Waals surface area contributed by atoms with Crippen LogP contribution in [0.5, 0.6) is 0 Å². The van der Waals surface area contributed by atoms with Gasteiger partial charge in [-0.05, 0) is 27.2 Å². The summed E-state index contributed by atoms with van der Waals surface area (Å²) in [4.78, 5) is 0. The molecule has 0 aromatic carbocycles. The maximum atomic E-state index is 6.16. The first kappa shape index (κ1) is 13.8. The van der Waals surface area contributed by atoms with Crippen LogP contribution in [-0.4, -0.2) is 19.6 Å². The van der Waals surface area contributed by atoms with E-state index < -0.39 is 0 Å². The van der Waals surface area contributed by atoms with Gasteiger partial charge in [-0.3, -0.25) is 9.36 Å². The molecule has 2 heterocycles. The molecule has 19 heavy (non-hydrogen) atoms. The van der Waals surface area contributed by atoms with Gasteiger partial charge in [0.1, 0.15) is 0 Å². The lowest BCUT2D eigenvalue weighted by Gasteiger charge is -2.09. The highest BCUT2D eigenvalue weighted by atomic mass is 15.3. The van der Waals surface area contributed by atoms with Crippen LogP contribution in [0.25, 0.3) is 0 Å². The minimum atomic E-state index is 0.0760. The predicted octanol–water partition coefficient (Wildman–Crippen LogP) is 2.17. The molecule has 0 fully saturated rings. The van der Waals surface area contributed by atoms with Crippen molar-refractivity contribution in [3.05, 3.63) is 34.9 Å². The predicted molar refractivity (Wildman–Crippen MR) is 75.9 cm³/mol. The minimum Gasteiger partial charge on any atom is -0.324 e. The van der Waals surface area contributed by atoms with Gasteiger partial charge in [0.05, 0.1) is 18.4 Å². The zero-order valence-corrected chi connectivity index (χ0v) is 12.2. The molecule has 2 aromatic rings. The Morgan fingerprint density at radius 3 is 2.63 bits per heavy atom. The average molecular weight is 261 g/mol. The normalized spacial score (nSPS) is 12.9. The van der Waals surface area contributed by atoms with E-state index in [0.717, 1.165) is 30.9 Å². The van der Waals surface area contributed by atoms with Crippen molar-refractivity contribution in [1.29, 1.82) is 0 Å². The topological polar surface area (TPSA) is 61.7 Å². The maximum Gasteiger partial charge on any atom is 0.0693 e. The Labute approximate surface area is 114 Å². The van der Waals surface area contributed by atoms with Gasteiger partial charge in [-0.15, -0.1) is 0 Å². The molecule has 5 heteroatoms. The number of aryl methyl sites for hydroxylation is 2. The molecule has 0 amide bonds. The van der Waals surface area contributed by atoms with E-state index in [4.69, 9.17) is 5.73 Å². The van der Waals surface area contributed by atoms with Crippen molar-refractivity contribution in [1.82, 2.24) is 19.6 Å². The van der Waals surface area contributed by atoms with Crippen LogP contribution in [0.1, 0.15) is 48.8 Å². The Balaban J connectivity index is 2.26. The zero-order chi connectivity index (χ0) is 14.0. The van der Waals surface area contributed by atoms with Crippen LogP contribution in [0.15, 0.2) is 12.4 Å². The smallest absolute Gasteiger partial charge is 0.0693 e. The molecule has 0 saturated carbocycles. The molecule has 104 valence electrons. The quantitative estimate of drug-likeness (QED) is 0.897. The van der Waals surface area contributed by atoms with Gasteiger partial charge in [0.25, 0.3) is 0 Å². The summed E-state index contributed by atoms with van der Waals surface area (Å²) in [6.07, 6.45) is 4.90.